The maximum absolute atomic E-state index is 2.43. The summed E-state index contributed by atoms with van der Waals surface area (Å²) >= 11 is 0.187. The third-order valence-corrected chi connectivity index (χ3v) is 4.36. The molecule has 0 aliphatic heterocycles. The van der Waals surface area contributed by atoms with Gasteiger partial charge in [-0.1, -0.05) is 0 Å². The Hall–Kier alpha value is -0.310. The van der Waals surface area contributed by atoms with Gasteiger partial charge in [-0.15, -0.1) is 0 Å². The van der Waals surface area contributed by atoms with Gasteiger partial charge in [0.05, 0.1) is 0 Å². The molecule has 2 rings (SSSR count). The molecule has 2 aliphatic carbocycles. The number of allylic oxidation sites excluding steroid dienone is 7. The first-order valence-corrected chi connectivity index (χ1v) is 6.13. The van der Waals surface area contributed by atoms with Crippen LogP contribution in [-0.4, -0.2) is 0 Å². The molecule has 1 heteroatoms. The van der Waals surface area contributed by atoms with Crippen molar-refractivity contribution in [3.8, 4) is 0 Å². The fourth-order valence-corrected chi connectivity index (χ4v) is 3.17. The second-order valence-corrected chi connectivity index (χ2v) is 5.12. The summed E-state index contributed by atoms with van der Waals surface area (Å²) in [4.78, 5) is 0. The average molecular weight is 257 g/mol. The molecular weight excluding hydrogens is 247 g/mol. The van der Waals surface area contributed by atoms with Crippen molar-refractivity contribution in [2.45, 2.75) is 12.8 Å². The first-order chi connectivity index (χ1) is 5.45. The molecule has 58 valence electrons. The SMILES string of the molecule is C1=CC([I-]/C=C2/C=CC2)=CC1. The summed E-state index contributed by atoms with van der Waals surface area (Å²) in [6.45, 7) is 0. The predicted octanol–water partition coefficient (Wildman–Crippen LogP) is -0.237. The molecule has 0 amide bonds. The molecule has 0 heterocycles. The van der Waals surface area contributed by atoms with Gasteiger partial charge in [-0.05, 0) is 0 Å². The Bertz CT molecular complexity index is 267. The number of hydrogen-bond acceptors (Lipinski definition) is 0. The summed E-state index contributed by atoms with van der Waals surface area (Å²) in [5, 5.41) is 0. The summed E-state index contributed by atoms with van der Waals surface area (Å²) in [6, 6.07) is 0. The van der Waals surface area contributed by atoms with Crippen molar-refractivity contribution in [3.63, 3.8) is 0 Å². The van der Waals surface area contributed by atoms with Crippen LogP contribution in [0, 0.1) is 0 Å². The second-order valence-electron chi connectivity index (χ2n) is 2.63. The van der Waals surface area contributed by atoms with E-state index in [0.717, 1.165) is 6.42 Å². The molecule has 0 saturated carbocycles. The molecule has 0 aromatic carbocycles. The zero-order chi connectivity index (χ0) is 7.52. The fourth-order valence-electron chi connectivity index (χ4n) is 0.978. The van der Waals surface area contributed by atoms with E-state index in [9.17, 15) is 0 Å². The van der Waals surface area contributed by atoms with Gasteiger partial charge in [0.2, 0.25) is 0 Å². The van der Waals surface area contributed by atoms with E-state index in [0.29, 0.717) is 0 Å². The van der Waals surface area contributed by atoms with Crippen LogP contribution in [-0.2, 0) is 0 Å². The molecule has 0 radical (unpaired) electrons. The van der Waals surface area contributed by atoms with Gasteiger partial charge in [-0.3, -0.25) is 0 Å². The molecular formula is C10H10I-. The van der Waals surface area contributed by atoms with Crippen molar-refractivity contribution < 1.29 is 21.2 Å². The summed E-state index contributed by atoms with van der Waals surface area (Å²) in [6.07, 6.45) is 13.7. The van der Waals surface area contributed by atoms with E-state index in [2.05, 4.69) is 34.5 Å². The minimum absolute atomic E-state index is 0.187. The van der Waals surface area contributed by atoms with Crippen LogP contribution in [0.5, 0.6) is 0 Å². The van der Waals surface area contributed by atoms with E-state index in [4.69, 9.17) is 0 Å². The van der Waals surface area contributed by atoms with Crippen LogP contribution in [0.25, 0.3) is 0 Å². The molecule has 0 atom stereocenters. The molecule has 0 spiro atoms. The standard InChI is InChI=1S/C10H10I/c1-2-7-10(6-1)11-8-9-4-3-5-9/h1,3-4,6-8H,2,5H2/q-1/b9-8-. The molecule has 11 heavy (non-hydrogen) atoms. The van der Waals surface area contributed by atoms with Gasteiger partial charge in [0, 0.05) is 0 Å². The van der Waals surface area contributed by atoms with Crippen LogP contribution in [0.2, 0.25) is 0 Å². The minimum atomic E-state index is 0.187. The predicted molar refractivity (Wildman–Crippen MR) is 43.7 cm³/mol. The van der Waals surface area contributed by atoms with Crippen molar-refractivity contribution in [3.05, 3.63) is 43.6 Å². The van der Waals surface area contributed by atoms with Crippen molar-refractivity contribution in [1.82, 2.24) is 0 Å². The average Bonchev–Trinajstić information content (AvgIpc) is 2.36. The molecule has 0 bridgehead atoms. The Labute approximate surface area is 77.6 Å². The topological polar surface area (TPSA) is 0 Å². The van der Waals surface area contributed by atoms with Crippen LogP contribution in [0.1, 0.15) is 12.8 Å². The van der Waals surface area contributed by atoms with Gasteiger partial charge < -0.3 is 0 Å². The molecule has 0 fully saturated rings. The summed E-state index contributed by atoms with van der Waals surface area (Å²) in [7, 11) is 0. The van der Waals surface area contributed by atoms with Crippen LogP contribution in [0.15, 0.2) is 43.6 Å². The molecule has 0 aromatic heterocycles. The van der Waals surface area contributed by atoms with Gasteiger partial charge >= 0.3 is 77.7 Å². The molecule has 0 saturated heterocycles. The van der Waals surface area contributed by atoms with E-state index in [1.54, 1.807) is 9.15 Å². The van der Waals surface area contributed by atoms with Gasteiger partial charge in [-0.25, -0.2) is 0 Å². The number of rotatable bonds is 2. The van der Waals surface area contributed by atoms with Gasteiger partial charge in [0.15, 0.2) is 0 Å². The van der Waals surface area contributed by atoms with Crippen molar-refractivity contribution >= 4 is 0 Å². The fraction of sp³-hybridized carbons (Fsp3) is 0.200. The van der Waals surface area contributed by atoms with Gasteiger partial charge in [0.25, 0.3) is 0 Å². The van der Waals surface area contributed by atoms with Gasteiger partial charge in [0.1, 0.15) is 0 Å². The monoisotopic (exact) mass is 257 g/mol. The van der Waals surface area contributed by atoms with E-state index in [-0.39, 0.29) is 21.2 Å². The van der Waals surface area contributed by atoms with Gasteiger partial charge in [-0.2, -0.15) is 0 Å². The number of halogens is 1. The normalized spacial score (nSPS) is 24.4. The van der Waals surface area contributed by atoms with E-state index in [1.165, 1.54) is 6.42 Å². The molecule has 0 aromatic rings. The Morgan fingerprint density at radius 2 is 2.18 bits per heavy atom. The van der Waals surface area contributed by atoms with Crippen molar-refractivity contribution in [1.29, 1.82) is 0 Å². The Morgan fingerprint density at radius 1 is 1.27 bits per heavy atom. The van der Waals surface area contributed by atoms with Crippen LogP contribution in [0.4, 0.5) is 0 Å². The first kappa shape index (κ1) is 7.35. The second kappa shape index (κ2) is 3.39. The van der Waals surface area contributed by atoms with E-state index >= 15 is 0 Å². The van der Waals surface area contributed by atoms with Crippen molar-refractivity contribution in [2.24, 2.45) is 0 Å². The number of hydrogen-bond donors (Lipinski definition) is 0. The Morgan fingerprint density at radius 3 is 2.73 bits per heavy atom. The van der Waals surface area contributed by atoms with Crippen molar-refractivity contribution in [2.75, 3.05) is 0 Å². The van der Waals surface area contributed by atoms with Crippen LogP contribution >= 0.6 is 0 Å². The summed E-state index contributed by atoms with van der Waals surface area (Å²) in [5.41, 5.74) is 1.54. The summed E-state index contributed by atoms with van der Waals surface area (Å²) in [5.74, 6) is 0. The quantitative estimate of drug-likeness (QED) is 0.599. The Kier molecular flexibility index (Phi) is 2.26. The summed E-state index contributed by atoms with van der Waals surface area (Å²) < 4.78 is 4.01. The maximum atomic E-state index is 2.43. The van der Waals surface area contributed by atoms with E-state index < -0.39 is 0 Å². The van der Waals surface area contributed by atoms with Crippen LogP contribution in [0.3, 0.4) is 0 Å². The molecule has 2 aliphatic rings. The molecule has 0 N–H and O–H groups in total. The third-order valence-electron chi connectivity index (χ3n) is 1.73. The zero-order valence-corrected chi connectivity index (χ0v) is 8.41. The first-order valence-electron chi connectivity index (χ1n) is 3.81. The van der Waals surface area contributed by atoms with E-state index in [1.807, 2.05) is 0 Å². The third kappa shape index (κ3) is 1.83. The Balaban J connectivity index is 1.91. The molecule has 0 unspecified atom stereocenters. The van der Waals surface area contributed by atoms with Crippen LogP contribution < -0.4 is 21.2 Å². The molecule has 0 nitrogen and oxygen atoms in total. The zero-order valence-electron chi connectivity index (χ0n) is 6.26.